The molecule has 138 valence electrons. The first-order valence-electron chi connectivity index (χ1n) is 7.96. The van der Waals surface area contributed by atoms with Crippen molar-refractivity contribution in [3.63, 3.8) is 0 Å². The van der Waals surface area contributed by atoms with Gasteiger partial charge in [0.15, 0.2) is 23.1 Å². The molecule has 0 spiro atoms. The first kappa shape index (κ1) is 19.2. The van der Waals surface area contributed by atoms with Crippen LogP contribution >= 0.6 is 0 Å². The third-order valence-corrected chi connectivity index (χ3v) is 6.11. The van der Waals surface area contributed by atoms with Gasteiger partial charge in [0.1, 0.15) is 5.75 Å². The van der Waals surface area contributed by atoms with Gasteiger partial charge in [-0.3, -0.25) is 4.79 Å². The first-order valence-corrected chi connectivity index (χ1v) is 9.78. The number of ether oxygens (including phenoxy) is 2. The highest BCUT2D eigenvalue weighted by Crippen LogP contribution is 2.22. The molecule has 1 aromatic carbocycles. The SMILES string of the molecule is Cc1cccc(OCC(=O)OCC(=O)N[C@]2(C)CCS(=O)(=O)C2)c1C. The van der Waals surface area contributed by atoms with Crippen LogP contribution in [0.2, 0.25) is 0 Å². The minimum Gasteiger partial charge on any atom is -0.482 e. The molecular formula is C17H23NO6S. The molecule has 1 amide bonds. The third kappa shape index (κ3) is 5.45. The summed E-state index contributed by atoms with van der Waals surface area (Å²) in [5.41, 5.74) is 1.17. The van der Waals surface area contributed by atoms with Gasteiger partial charge in [-0.15, -0.1) is 0 Å². The van der Waals surface area contributed by atoms with Crippen molar-refractivity contribution in [3.8, 4) is 5.75 Å². The molecule has 0 aromatic heterocycles. The molecule has 0 bridgehead atoms. The summed E-state index contributed by atoms with van der Waals surface area (Å²) in [4.78, 5) is 23.6. The maximum Gasteiger partial charge on any atom is 0.344 e. The minimum absolute atomic E-state index is 0.0489. The number of hydrogen-bond acceptors (Lipinski definition) is 6. The molecule has 2 rings (SSSR count). The fraction of sp³-hybridized carbons (Fsp3) is 0.529. The Kier molecular flexibility index (Phi) is 5.72. The van der Waals surface area contributed by atoms with Crippen LogP contribution in [0.25, 0.3) is 0 Å². The van der Waals surface area contributed by atoms with E-state index in [-0.39, 0.29) is 18.1 Å². The summed E-state index contributed by atoms with van der Waals surface area (Å²) in [5.74, 6) is -0.659. The number of rotatable bonds is 6. The lowest BCUT2D eigenvalue weighted by molar-refractivity contribution is -0.150. The lowest BCUT2D eigenvalue weighted by Gasteiger charge is -2.23. The molecule has 7 nitrogen and oxygen atoms in total. The molecule has 1 aliphatic heterocycles. The molecule has 1 N–H and O–H groups in total. The van der Waals surface area contributed by atoms with E-state index in [1.165, 1.54) is 0 Å². The summed E-state index contributed by atoms with van der Waals surface area (Å²) in [6.07, 6.45) is 0.352. The zero-order valence-electron chi connectivity index (χ0n) is 14.6. The molecule has 1 saturated heterocycles. The Bertz CT molecular complexity index is 773. The van der Waals surface area contributed by atoms with Crippen molar-refractivity contribution in [2.24, 2.45) is 0 Å². The van der Waals surface area contributed by atoms with Crippen LogP contribution in [-0.2, 0) is 24.2 Å². The maximum atomic E-state index is 11.9. The summed E-state index contributed by atoms with van der Waals surface area (Å²) >= 11 is 0. The van der Waals surface area contributed by atoms with Gasteiger partial charge in [-0.05, 0) is 44.4 Å². The van der Waals surface area contributed by atoms with E-state index in [2.05, 4.69) is 5.32 Å². The Labute approximate surface area is 147 Å². The normalized spacial score (nSPS) is 21.6. The van der Waals surface area contributed by atoms with Gasteiger partial charge in [0.2, 0.25) is 0 Å². The van der Waals surface area contributed by atoms with Crippen LogP contribution < -0.4 is 10.1 Å². The zero-order valence-corrected chi connectivity index (χ0v) is 15.4. The van der Waals surface area contributed by atoms with Crippen molar-refractivity contribution in [2.75, 3.05) is 24.7 Å². The monoisotopic (exact) mass is 369 g/mol. The highest BCUT2D eigenvalue weighted by atomic mass is 32.2. The zero-order chi connectivity index (χ0) is 18.7. The quantitative estimate of drug-likeness (QED) is 0.749. The molecule has 0 saturated carbocycles. The van der Waals surface area contributed by atoms with E-state index < -0.39 is 33.9 Å². The smallest absolute Gasteiger partial charge is 0.344 e. The number of esters is 1. The summed E-state index contributed by atoms with van der Waals surface area (Å²) < 4.78 is 33.3. The Morgan fingerprint density at radius 1 is 1.24 bits per heavy atom. The van der Waals surface area contributed by atoms with Crippen LogP contribution in [0, 0.1) is 13.8 Å². The van der Waals surface area contributed by atoms with Gasteiger partial charge in [0, 0.05) is 0 Å². The van der Waals surface area contributed by atoms with E-state index in [0.717, 1.165) is 11.1 Å². The number of hydrogen-bond donors (Lipinski definition) is 1. The molecule has 0 radical (unpaired) electrons. The van der Waals surface area contributed by atoms with Crippen LogP contribution in [0.1, 0.15) is 24.5 Å². The van der Waals surface area contributed by atoms with Gasteiger partial charge >= 0.3 is 5.97 Å². The molecule has 1 fully saturated rings. The summed E-state index contributed by atoms with van der Waals surface area (Å²) in [7, 11) is -3.12. The lowest BCUT2D eigenvalue weighted by atomic mass is 10.0. The standard InChI is InChI=1S/C17H23NO6S/c1-12-5-4-6-14(13(12)2)23-10-16(20)24-9-15(19)18-17(3)7-8-25(21,22)11-17/h4-6H,7-11H2,1-3H3,(H,18,19)/t17-/m1/s1. The largest absolute Gasteiger partial charge is 0.482 e. The van der Waals surface area contributed by atoms with Gasteiger partial charge in [-0.2, -0.15) is 0 Å². The van der Waals surface area contributed by atoms with Gasteiger partial charge in [-0.1, -0.05) is 12.1 Å². The average molecular weight is 369 g/mol. The van der Waals surface area contributed by atoms with E-state index in [0.29, 0.717) is 12.2 Å². The summed E-state index contributed by atoms with van der Waals surface area (Å²) in [6, 6.07) is 5.52. The molecule has 1 heterocycles. The van der Waals surface area contributed by atoms with Crippen molar-refractivity contribution in [1.29, 1.82) is 0 Å². The van der Waals surface area contributed by atoms with Gasteiger partial charge < -0.3 is 14.8 Å². The molecule has 8 heteroatoms. The van der Waals surface area contributed by atoms with E-state index in [1.807, 2.05) is 26.0 Å². The van der Waals surface area contributed by atoms with Crippen LogP contribution in [-0.4, -0.2) is 50.6 Å². The molecule has 0 unspecified atom stereocenters. The Morgan fingerprint density at radius 2 is 1.96 bits per heavy atom. The van der Waals surface area contributed by atoms with Gasteiger partial charge in [-0.25, -0.2) is 13.2 Å². The highest BCUT2D eigenvalue weighted by molar-refractivity contribution is 7.91. The Morgan fingerprint density at radius 3 is 2.60 bits per heavy atom. The molecule has 1 aromatic rings. The number of sulfone groups is 1. The molecule has 1 atom stereocenters. The van der Waals surface area contributed by atoms with Crippen molar-refractivity contribution in [2.45, 2.75) is 32.7 Å². The Hall–Kier alpha value is -2.09. The fourth-order valence-electron chi connectivity index (χ4n) is 2.69. The van der Waals surface area contributed by atoms with Crippen molar-refractivity contribution in [3.05, 3.63) is 29.3 Å². The third-order valence-electron chi connectivity index (χ3n) is 4.21. The predicted molar refractivity (Wildman–Crippen MR) is 92.2 cm³/mol. The second-order valence-electron chi connectivity index (χ2n) is 6.60. The average Bonchev–Trinajstić information content (AvgIpc) is 2.80. The van der Waals surface area contributed by atoms with Gasteiger partial charge in [0.25, 0.3) is 5.91 Å². The lowest BCUT2D eigenvalue weighted by Crippen LogP contribution is -2.48. The Balaban J connectivity index is 1.76. The number of carbonyl (C=O) groups excluding carboxylic acids is 2. The van der Waals surface area contributed by atoms with E-state index >= 15 is 0 Å². The van der Waals surface area contributed by atoms with Gasteiger partial charge in [0.05, 0.1) is 17.0 Å². The van der Waals surface area contributed by atoms with Crippen molar-refractivity contribution in [1.82, 2.24) is 5.32 Å². The molecule has 0 aliphatic carbocycles. The first-order chi connectivity index (χ1) is 11.6. The van der Waals surface area contributed by atoms with E-state index in [4.69, 9.17) is 9.47 Å². The summed E-state index contributed by atoms with van der Waals surface area (Å²) in [6.45, 7) is 4.73. The van der Waals surface area contributed by atoms with Crippen molar-refractivity contribution < 1.29 is 27.5 Å². The van der Waals surface area contributed by atoms with E-state index in [9.17, 15) is 18.0 Å². The van der Waals surface area contributed by atoms with Crippen LogP contribution in [0.5, 0.6) is 5.75 Å². The second kappa shape index (κ2) is 7.43. The maximum absolute atomic E-state index is 11.9. The predicted octanol–water partition coefficient (Wildman–Crippen LogP) is 0.919. The fourth-order valence-corrected chi connectivity index (χ4v) is 4.78. The topological polar surface area (TPSA) is 98.8 Å². The van der Waals surface area contributed by atoms with E-state index in [1.54, 1.807) is 13.0 Å². The number of nitrogens with one attached hydrogen (secondary N) is 1. The highest BCUT2D eigenvalue weighted by Gasteiger charge is 2.39. The van der Waals surface area contributed by atoms with Crippen LogP contribution in [0.3, 0.4) is 0 Å². The number of amides is 1. The number of carbonyl (C=O) groups is 2. The number of benzene rings is 1. The van der Waals surface area contributed by atoms with Crippen LogP contribution in [0.15, 0.2) is 18.2 Å². The summed E-state index contributed by atoms with van der Waals surface area (Å²) in [5, 5.41) is 2.62. The minimum atomic E-state index is -3.12. The molecular weight excluding hydrogens is 346 g/mol. The molecule has 25 heavy (non-hydrogen) atoms. The van der Waals surface area contributed by atoms with Crippen molar-refractivity contribution >= 4 is 21.7 Å². The number of aryl methyl sites for hydroxylation is 1. The second-order valence-corrected chi connectivity index (χ2v) is 8.78. The van der Waals surface area contributed by atoms with Crippen LogP contribution in [0.4, 0.5) is 0 Å². The molecule has 1 aliphatic rings.